The van der Waals surface area contributed by atoms with Crippen molar-refractivity contribution in [1.29, 1.82) is 0 Å². The van der Waals surface area contributed by atoms with Crippen LogP contribution in [-0.2, 0) is 6.42 Å². The van der Waals surface area contributed by atoms with Gasteiger partial charge in [0.25, 0.3) is 0 Å². The van der Waals surface area contributed by atoms with Gasteiger partial charge in [-0.2, -0.15) is 10.2 Å². The Morgan fingerprint density at radius 1 is 1.25 bits per heavy atom. The van der Waals surface area contributed by atoms with E-state index in [1.54, 1.807) is 13.0 Å². The number of aryl methyl sites for hydroxylation is 2. The summed E-state index contributed by atoms with van der Waals surface area (Å²) >= 11 is 0. The third-order valence-electron chi connectivity index (χ3n) is 3.17. The van der Waals surface area contributed by atoms with Crippen molar-refractivity contribution < 1.29 is 8.78 Å². The van der Waals surface area contributed by atoms with E-state index in [0.29, 0.717) is 5.69 Å². The van der Waals surface area contributed by atoms with Gasteiger partial charge in [-0.05, 0) is 43.5 Å². The number of hydrogen-bond acceptors (Lipinski definition) is 4. The number of hydrazine groups is 1. The quantitative estimate of drug-likeness (QED) is 0.664. The van der Waals surface area contributed by atoms with Gasteiger partial charge in [-0.1, -0.05) is 12.1 Å². The lowest BCUT2D eigenvalue weighted by atomic mass is 9.98. The number of halogens is 2. The van der Waals surface area contributed by atoms with E-state index in [1.807, 2.05) is 13.0 Å². The molecule has 0 aliphatic carbocycles. The van der Waals surface area contributed by atoms with Crippen molar-refractivity contribution in [2.75, 3.05) is 0 Å². The van der Waals surface area contributed by atoms with Gasteiger partial charge in [0.15, 0.2) is 11.6 Å². The van der Waals surface area contributed by atoms with Crippen LogP contribution in [0.4, 0.5) is 8.78 Å². The molecule has 0 saturated carbocycles. The molecule has 3 N–H and O–H groups in total. The number of rotatable bonds is 4. The van der Waals surface area contributed by atoms with Crippen molar-refractivity contribution >= 4 is 0 Å². The zero-order valence-electron chi connectivity index (χ0n) is 11.3. The first-order chi connectivity index (χ1) is 9.52. The molecule has 0 spiro atoms. The number of aromatic nitrogens is 2. The average molecular weight is 278 g/mol. The monoisotopic (exact) mass is 278 g/mol. The molecule has 1 aromatic carbocycles. The summed E-state index contributed by atoms with van der Waals surface area (Å²) in [5, 5.41) is 7.96. The minimum Gasteiger partial charge on any atom is -0.271 e. The van der Waals surface area contributed by atoms with Crippen LogP contribution in [0, 0.1) is 25.5 Å². The van der Waals surface area contributed by atoms with Crippen LogP contribution in [0.1, 0.15) is 28.6 Å². The Morgan fingerprint density at radius 2 is 2.00 bits per heavy atom. The summed E-state index contributed by atoms with van der Waals surface area (Å²) in [5.41, 5.74) is 5.16. The Balaban J connectivity index is 2.34. The topological polar surface area (TPSA) is 63.8 Å². The van der Waals surface area contributed by atoms with Gasteiger partial charge in [0.1, 0.15) is 0 Å². The minimum absolute atomic E-state index is 0.228. The smallest absolute Gasteiger partial charge is 0.162 e. The molecule has 1 aromatic heterocycles. The van der Waals surface area contributed by atoms with E-state index in [2.05, 4.69) is 15.6 Å². The summed E-state index contributed by atoms with van der Waals surface area (Å²) in [5.74, 6) is 3.84. The molecule has 20 heavy (non-hydrogen) atoms. The second kappa shape index (κ2) is 6.02. The fourth-order valence-electron chi connectivity index (χ4n) is 2.11. The molecular formula is C14H16F2N4. The Morgan fingerprint density at radius 3 is 2.70 bits per heavy atom. The van der Waals surface area contributed by atoms with Gasteiger partial charge in [-0.25, -0.2) is 8.78 Å². The molecule has 0 amide bonds. The number of nitrogens with two attached hydrogens (primary N) is 1. The molecule has 1 unspecified atom stereocenters. The average Bonchev–Trinajstić information content (AvgIpc) is 2.43. The van der Waals surface area contributed by atoms with E-state index in [0.717, 1.165) is 17.3 Å². The first-order valence-corrected chi connectivity index (χ1v) is 6.22. The Hall–Kier alpha value is -1.92. The lowest BCUT2D eigenvalue weighted by molar-refractivity contribution is 0.480. The molecule has 0 aliphatic rings. The van der Waals surface area contributed by atoms with Crippen LogP contribution in [0.3, 0.4) is 0 Å². The maximum absolute atomic E-state index is 13.7. The van der Waals surface area contributed by atoms with Crippen LogP contribution >= 0.6 is 0 Å². The normalized spacial score (nSPS) is 12.4. The highest BCUT2D eigenvalue weighted by Crippen LogP contribution is 2.22. The molecule has 4 nitrogen and oxygen atoms in total. The summed E-state index contributed by atoms with van der Waals surface area (Å²) in [6, 6.07) is 5.58. The molecule has 106 valence electrons. The molecule has 0 aliphatic heterocycles. The number of nitrogens with one attached hydrogen (secondary N) is 1. The van der Waals surface area contributed by atoms with Gasteiger partial charge in [0.05, 0.1) is 17.4 Å². The van der Waals surface area contributed by atoms with E-state index in [-0.39, 0.29) is 18.0 Å². The molecule has 2 aromatic rings. The van der Waals surface area contributed by atoms with Crippen molar-refractivity contribution in [1.82, 2.24) is 15.6 Å². The summed E-state index contributed by atoms with van der Waals surface area (Å²) < 4.78 is 27.0. The van der Waals surface area contributed by atoms with Gasteiger partial charge in [0, 0.05) is 0 Å². The van der Waals surface area contributed by atoms with Crippen molar-refractivity contribution in [2.45, 2.75) is 26.3 Å². The standard InChI is InChI=1S/C14H16F2N4/c1-8-6-11(9(2)20-19-8)13(18-17)7-10-4-3-5-12(15)14(10)16/h3-6,13,18H,7,17H2,1-2H3. The van der Waals surface area contributed by atoms with Crippen LogP contribution in [0.15, 0.2) is 24.3 Å². The zero-order valence-corrected chi connectivity index (χ0v) is 11.3. The highest BCUT2D eigenvalue weighted by Gasteiger charge is 2.18. The van der Waals surface area contributed by atoms with Crippen LogP contribution in [0.25, 0.3) is 0 Å². The highest BCUT2D eigenvalue weighted by molar-refractivity contribution is 5.27. The van der Waals surface area contributed by atoms with Crippen LogP contribution in [0.5, 0.6) is 0 Å². The van der Waals surface area contributed by atoms with Gasteiger partial charge < -0.3 is 0 Å². The third kappa shape index (κ3) is 2.97. The van der Waals surface area contributed by atoms with E-state index < -0.39 is 11.6 Å². The molecule has 1 atom stereocenters. The Kier molecular flexibility index (Phi) is 4.36. The van der Waals surface area contributed by atoms with Gasteiger partial charge in [0.2, 0.25) is 0 Å². The van der Waals surface area contributed by atoms with Gasteiger partial charge in [-0.15, -0.1) is 0 Å². The molecule has 2 rings (SSSR count). The van der Waals surface area contributed by atoms with E-state index in [9.17, 15) is 8.78 Å². The minimum atomic E-state index is -0.862. The summed E-state index contributed by atoms with van der Waals surface area (Å²) in [7, 11) is 0. The maximum atomic E-state index is 13.7. The van der Waals surface area contributed by atoms with Crippen molar-refractivity contribution in [3.05, 3.63) is 58.4 Å². The SMILES string of the molecule is Cc1cc(C(Cc2cccc(F)c2F)NN)c(C)nn1. The second-order valence-electron chi connectivity index (χ2n) is 4.66. The highest BCUT2D eigenvalue weighted by atomic mass is 19.2. The molecule has 0 saturated heterocycles. The van der Waals surface area contributed by atoms with E-state index in [1.165, 1.54) is 6.07 Å². The van der Waals surface area contributed by atoms with Gasteiger partial charge in [-0.3, -0.25) is 11.3 Å². The molecule has 0 bridgehead atoms. The number of hydrogen-bond donors (Lipinski definition) is 2. The molecule has 0 radical (unpaired) electrons. The Labute approximate surface area is 116 Å². The summed E-state index contributed by atoms with van der Waals surface area (Å²) in [6.45, 7) is 3.61. The van der Waals surface area contributed by atoms with Crippen LogP contribution in [-0.4, -0.2) is 10.2 Å². The molecular weight excluding hydrogens is 262 g/mol. The van der Waals surface area contributed by atoms with Crippen LogP contribution in [0.2, 0.25) is 0 Å². The molecule has 0 fully saturated rings. The largest absolute Gasteiger partial charge is 0.271 e. The lowest BCUT2D eigenvalue weighted by Gasteiger charge is -2.18. The van der Waals surface area contributed by atoms with Crippen molar-refractivity contribution in [3.63, 3.8) is 0 Å². The second-order valence-corrected chi connectivity index (χ2v) is 4.66. The lowest BCUT2D eigenvalue weighted by Crippen LogP contribution is -2.30. The number of nitrogens with zero attached hydrogens (tertiary/aromatic N) is 2. The van der Waals surface area contributed by atoms with Crippen molar-refractivity contribution in [3.8, 4) is 0 Å². The Bertz CT molecular complexity index is 616. The predicted octanol–water partition coefficient (Wildman–Crippen LogP) is 2.12. The molecule has 6 heteroatoms. The van der Waals surface area contributed by atoms with Crippen LogP contribution < -0.4 is 11.3 Å². The maximum Gasteiger partial charge on any atom is 0.162 e. The summed E-state index contributed by atoms with van der Waals surface area (Å²) in [6.07, 6.45) is 0.228. The first-order valence-electron chi connectivity index (χ1n) is 6.22. The van der Waals surface area contributed by atoms with E-state index in [4.69, 9.17) is 5.84 Å². The fraction of sp³-hybridized carbons (Fsp3) is 0.286. The third-order valence-corrected chi connectivity index (χ3v) is 3.17. The van der Waals surface area contributed by atoms with Crippen molar-refractivity contribution in [2.24, 2.45) is 5.84 Å². The molecule has 1 heterocycles. The zero-order chi connectivity index (χ0) is 14.7. The predicted molar refractivity (Wildman–Crippen MR) is 71.6 cm³/mol. The number of benzene rings is 1. The fourth-order valence-corrected chi connectivity index (χ4v) is 2.11. The van der Waals surface area contributed by atoms with Gasteiger partial charge >= 0.3 is 0 Å². The van der Waals surface area contributed by atoms with E-state index >= 15 is 0 Å². The first kappa shape index (κ1) is 14.5. The summed E-state index contributed by atoms with van der Waals surface area (Å²) in [4.78, 5) is 0.